The van der Waals surface area contributed by atoms with E-state index in [4.69, 9.17) is 15.9 Å². The van der Waals surface area contributed by atoms with Crippen molar-refractivity contribution in [1.82, 2.24) is 10.2 Å². The first-order chi connectivity index (χ1) is 6.63. The summed E-state index contributed by atoms with van der Waals surface area (Å²) in [6.45, 7) is 1.65. The fourth-order valence-corrected chi connectivity index (χ4v) is 0.846. The smallest absolute Gasteiger partial charge is 0.293 e. The van der Waals surface area contributed by atoms with Crippen LogP contribution in [0.3, 0.4) is 0 Å². The van der Waals surface area contributed by atoms with Gasteiger partial charge in [0.2, 0.25) is 11.8 Å². The van der Waals surface area contributed by atoms with Gasteiger partial charge in [-0.2, -0.15) is 0 Å². The van der Waals surface area contributed by atoms with Crippen LogP contribution in [0.15, 0.2) is 4.42 Å². The molecule has 0 saturated heterocycles. The van der Waals surface area contributed by atoms with Crippen LogP contribution >= 0.6 is 0 Å². The standard InChI is InChI=1S/C8H10N4O2/c1-2-3-7-11-12-8(14-7)5(9)4-6(10)13/h5H,4,9H2,1H3,(H2,10,13). The van der Waals surface area contributed by atoms with Crippen LogP contribution in [-0.4, -0.2) is 16.1 Å². The van der Waals surface area contributed by atoms with Crippen LogP contribution in [0.25, 0.3) is 0 Å². The molecule has 0 aromatic carbocycles. The number of hydrogen-bond acceptors (Lipinski definition) is 5. The number of carbonyl (C=O) groups is 1. The zero-order valence-corrected chi connectivity index (χ0v) is 7.65. The van der Waals surface area contributed by atoms with Gasteiger partial charge in [-0.15, -0.1) is 5.10 Å². The van der Waals surface area contributed by atoms with Crippen molar-refractivity contribution in [2.45, 2.75) is 19.4 Å². The van der Waals surface area contributed by atoms with Gasteiger partial charge >= 0.3 is 0 Å². The maximum Gasteiger partial charge on any atom is 0.293 e. The molecule has 0 spiro atoms. The minimum atomic E-state index is -0.660. The van der Waals surface area contributed by atoms with Gasteiger partial charge in [0.15, 0.2) is 0 Å². The molecular weight excluding hydrogens is 184 g/mol. The molecule has 0 bridgehead atoms. The lowest BCUT2D eigenvalue weighted by atomic mass is 10.2. The number of aromatic nitrogens is 2. The third-order valence-electron chi connectivity index (χ3n) is 1.41. The molecule has 6 heteroatoms. The molecule has 1 atom stereocenters. The van der Waals surface area contributed by atoms with Crippen molar-refractivity contribution in [3.05, 3.63) is 11.8 Å². The molecule has 1 unspecified atom stereocenters. The molecule has 6 nitrogen and oxygen atoms in total. The highest BCUT2D eigenvalue weighted by atomic mass is 16.4. The van der Waals surface area contributed by atoms with Gasteiger partial charge in [0.1, 0.15) is 0 Å². The number of hydrogen-bond donors (Lipinski definition) is 2. The zero-order valence-electron chi connectivity index (χ0n) is 7.65. The summed E-state index contributed by atoms with van der Waals surface area (Å²) in [4.78, 5) is 10.5. The fraction of sp³-hybridized carbons (Fsp3) is 0.375. The molecule has 0 fully saturated rings. The molecule has 74 valence electrons. The number of nitrogens with zero attached hydrogens (tertiary/aromatic N) is 2. The molecule has 14 heavy (non-hydrogen) atoms. The summed E-state index contributed by atoms with van der Waals surface area (Å²) in [6.07, 6.45) is -0.0266. The van der Waals surface area contributed by atoms with Gasteiger partial charge in [0.25, 0.3) is 5.89 Å². The molecule has 1 aromatic heterocycles. The molecule has 1 amide bonds. The fourth-order valence-electron chi connectivity index (χ4n) is 0.846. The van der Waals surface area contributed by atoms with E-state index in [0.717, 1.165) is 0 Å². The largest absolute Gasteiger partial charge is 0.413 e. The maximum atomic E-state index is 10.5. The van der Waals surface area contributed by atoms with Crippen LogP contribution in [-0.2, 0) is 4.79 Å². The molecule has 0 radical (unpaired) electrons. The van der Waals surface area contributed by atoms with Crippen molar-refractivity contribution < 1.29 is 9.21 Å². The van der Waals surface area contributed by atoms with E-state index in [-0.39, 0.29) is 18.2 Å². The number of nitrogens with two attached hydrogens (primary N) is 2. The van der Waals surface area contributed by atoms with Gasteiger partial charge in [-0.3, -0.25) is 4.79 Å². The molecule has 0 aliphatic rings. The third-order valence-corrected chi connectivity index (χ3v) is 1.41. The quantitative estimate of drug-likeness (QED) is 0.619. The van der Waals surface area contributed by atoms with Gasteiger partial charge in [0, 0.05) is 0 Å². The number of rotatable bonds is 3. The van der Waals surface area contributed by atoms with Crippen molar-refractivity contribution in [1.29, 1.82) is 0 Å². The second-order valence-corrected chi connectivity index (χ2v) is 2.60. The van der Waals surface area contributed by atoms with E-state index in [1.54, 1.807) is 6.92 Å². The highest BCUT2D eigenvalue weighted by molar-refractivity contribution is 5.74. The van der Waals surface area contributed by atoms with E-state index in [0.29, 0.717) is 0 Å². The van der Waals surface area contributed by atoms with E-state index in [1.807, 2.05) is 0 Å². The molecule has 4 N–H and O–H groups in total. The van der Waals surface area contributed by atoms with Crippen LogP contribution in [0.5, 0.6) is 0 Å². The Kier molecular flexibility index (Phi) is 3.20. The average molecular weight is 194 g/mol. The lowest BCUT2D eigenvalue weighted by molar-refractivity contribution is -0.118. The molecule has 1 aromatic rings. The molecule has 1 rings (SSSR count). The van der Waals surface area contributed by atoms with Gasteiger partial charge in [-0.05, 0) is 12.8 Å². The highest BCUT2D eigenvalue weighted by Gasteiger charge is 2.15. The molecule has 1 heterocycles. The number of amides is 1. The number of primary amides is 1. The van der Waals surface area contributed by atoms with Crippen LogP contribution in [0.2, 0.25) is 0 Å². The predicted octanol–water partition coefficient (Wildman–Crippen LogP) is -0.684. The Balaban J connectivity index is 2.74. The SMILES string of the molecule is CC#Cc1nnc(C(N)CC(N)=O)o1. The summed E-state index contributed by atoms with van der Waals surface area (Å²) < 4.78 is 5.06. The summed E-state index contributed by atoms with van der Waals surface area (Å²) in [5.41, 5.74) is 10.5. The Hall–Kier alpha value is -1.87. The lowest BCUT2D eigenvalue weighted by Crippen LogP contribution is -2.20. The predicted molar refractivity (Wildman–Crippen MR) is 47.6 cm³/mol. The first kappa shape index (κ1) is 10.2. The van der Waals surface area contributed by atoms with Crippen LogP contribution in [0, 0.1) is 11.8 Å². The van der Waals surface area contributed by atoms with Gasteiger partial charge in [-0.1, -0.05) is 11.0 Å². The minimum Gasteiger partial charge on any atom is -0.413 e. The van der Waals surface area contributed by atoms with Crippen molar-refractivity contribution in [3.8, 4) is 11.8 Å². The monoisotopic (exact) mass is 194 g/mol. The van der Waals surface area contributed by atoms with E-state index >= 15 is 0 Å². The highest BCUT2D eigenvalue weighted by Crippen LogP contribution is 2.11. The summed E-state index contributed by atoms with van der Waals surface area (Å²) in [5, 5.41) is 7.25. The van der Waals surface area contributed by atoms with Crippen LogP contribution in [0.4, 0.5) is 0 Å². The second-order valence-electron chi connectivity index (χ2n) is 2.60. The number of carbonyl (C=O) groups excluding carboxylic acids is 1. The van der Waals surface area contributed by atoms with E-state index in [1.165, 1.54) is 0 Å². The summed E-state index contributed by atoms with van der Waals surface area (Å²) in [7, 11) is 0. The molecule has 0 saturated carbocycles. The summed E-state index contributed by atoms with van der Waals surface area (Å²) in [6, 6.07) is -0.660. The zero-order chi connectivity index (χ0) is 10.6. The Bertz CT molecular complexity index is 388. The maximum absolute atomic E-state index is 10.5. The second kappa shape index (κ2) is 4.39. The molecular formula is C8H10N4O2. The third kappa shape index (κ3) is 2.57. The normalized spacial score (nSPS) is 11.6. The van der Waals surface area contributed by atoms with Crippen molar-refractivity contribution >= 4 is 5.91 Å². The Morgan fingerprint density at radius 2 is 2.36 bits per heavy atom. The first-order valence-corrected chi connectivity index (χ1v) is 3.93. The van der Waals surface area contributed by atoms with Crippen molar-refractivity contribution in [2.75, 3.05) is 0 Å². The van der Waals surface area contributed by atoms with E-state index < -0.39 is 11.9 Å². The van der Waals surface area contributed by atoms with Crippen LogP contribution in [0.1, 0.15) is 31.2 Å². The van der Waals surface area contributed by atoms with Gasteiger partial charge in [0.05, 0.1) is 12.5 Å². The van der Waals surface area contributed by atoms with E-state index in [9.17, 15) is 4.79 Å². The molecule has 0 aliphatic heterocycles. The summed E-state index contributed by atoms with van der Waals surface area (Å²) >= 11 is 0. The Morgan fingerprint density at radius 1 is 1.64 bits per heavy atom. The van der Waals surface area contributed by atoms with Gasteiger partial charge < -0.3 is 15.9 Å². The Labute approximate surface area is 80.7 Å². The molecule has 0 aliphatic carbocycles. The van der Waals surface area contributed by atoms with Crippen molar-refractivity contribution in [2.24, 2.45) is 11.5 Å². The summed E-state index contributed by atoms with van der Waals surface area (Å²) in [5.74, 6) is 5.01. The van der Waals surface area contributed by atoms with Crippen LogP contribution < -0.4 is 11.5 Å². The topological polar surface area (TPSA) is 108 Å². The first-order valence-electron chi connectivity index (χ1n) is 3.93. The minimum absolute atomic E-state index is 0.0266. The lowest BCUT2D eigenvalue weighted by Gasteiger charge is -2.01. The average Bonchev–Trinajstić information content (AvgIpc) is 2.52. The van der Waals surface area contributed by atoms with Gasteiger partial charge in [-0.25, -0.2) is 0 Å². The van der Waals surface area contributed by atoms with E-state index in [2.05, 4.69) is 22.0 Å². The Morgan fingerprint density at radius 3 is 2.93 bits per heavy atom. The van der Waals surface area contributed by atoms with Crippen molar-refractivity contribution in [3.63, 3.8) is 0 Å².